The van der Waals surface area contributed by atoms with E-state index >= 15 is 0 Å². The highest BCUT2D eigenvalue weighted by Gasteiger charge is 2.27. The van der Waals surface area contributed by atoms with Gasteiger partial charge in [0.1, 0.15) is 4.88 Å². The van der Waals surface area contributed by atoms with Gasteiger partial charge in [-0.15, -0.1) is 0 Å². The Balaban J connectivity index is 1.86. The van der Waals surface area contributed by atoms with Crippen molar-refractivity contribution >= 4 is 34.4 Å². The number of anilines is 1. The first kappa shape index (κ1) is 21.2. The molecule has 29 heavy (non-hydrogen) atoms. The van der Waals surface area contributed by atoms with E-state index < -0.39 is 5.97 Å². The molecule has 1 aliphatic heterocycles. The molecule has 0 saturated carbocycles. The summed E-state index contributed by atoms with van der Waals surface area (Å²) in [5, 5.41) is 4.66. The van der Waals surface area contributed by atoms with Gasteiger partial charge in [0.15, 0.2) is 5.13 Å². The van der Waals surface area contributed by atoms with Gasteiger partial charge in [0.05, 0.1) is 31.1 Å². The van der Waals surface area contributed by atoms with E-state index in [1.54, 1.807) is 35.7 Å². The molecule has 0 unspecified atom stereocenters. The van der Waals surface area contributed by atoms with E-state index in [9.17, 15) is 9.59 Å². The molecule has 1 amide bonds. The summed E-state index contributed by atoms with van der Waals surface area (Å²) in [5.74, 6) is -0.632. The van der Waals surface area contributed by atoms with Gasteiger partial charge in [-0.3, -0.25) is 14.4 Å². The van der Waals surface area contributed by atoms with Crippen LogP contribution in [0.15, 0.2) is 12.3 Å². The molecule has 0 aliphatic carbocycles. The number of rotatable bonds is 7. The summed E-state index contributed by atoms with van der Waals surface area (Å²) in [4.78, 5) is 31.7. The van der Waals surface area contributed by atoms with Crippen LogP contribution in [-0.2, 0) is 21.3 Å². The molecule has 8 nitrogen and oxygen atoms in total. The SMILES string of the molecule is CCOC(=O)c1sc(N(C[C@@H]2CCCO2)C(=O)/C=C/c2cnn(C)c2C)nc1C. The summed E-state index contributed by atoms with van der Waals surface area (Å²) in [6, 6.07) is 0. The van der Waals surface area contributed by atoms with Crippen molar-refractivity contribution in [1.29, 1.82) is 0 Å². The van der Waals surface area contributed by atoms with Gasteiger partial charge in [0.25, 0.3) is 5.91 Å². The minimum atomic E-state index is -0.417. The molecule has 0 radical (unpaired) electrons. The lowest BCUT2D eigenvalue weighted by molar-refractivity contribution is -0.114. The van der Waals surface area contributed by atoms with Gasteiger partial charge in [-0.05, 0) is 39.7 Å². The van der Waals surface area contributed by atoms with Gasteiger partial charge in [-0.1, -0.05) is 11.3 Å². The number of hydrogen-bond donors (Lipinski definition) is 0. The van der Waals surface area contributed by atoms with E-state index in [0.29, 0.717) is 28.9 Å². The second kappa shape index (κ2) is 9.32. The average molecular weight is 419 g/mol. The minimum absolute atomic E-state index is 0.0391. The molecule has 9 heteroatoms. The predicted molar refractivity (Wildman–Crippen MR) is 111 cm³/mol. The van der Waals surface area contributed by atoms with Crippen molar-refractivity contribution < 1.29 is 19.1 Å². The number of hydrogen-bond acceptors (Lipinski definition) is 7. The lowest BCUT2D eigenvalue weighted by Gasteiger charge is -2.21. The molecule has 2 aromatic heterocycles. The summed E-state index contributed by atoms with van der Waals surface area (Å²) in [7, 11) is 1.85. The molecule has 0 bridgehead atoms. The standard InChI is InChI=1S/C20H26N4O4S/c1-5-27-19(26)18-13(2)22-20(29-18)24(12-16-7-6-10-28-16)17(25)9-8-15-11-21-23(4)14(15)3/h8-9,11,16H,5-7,10,12H2,1-4H3/b9-8+/t16-/m0/s1. The maximum Gasteiger partial charge on any atom is 0.350 e. The van der Waals surface area contributed by atoms with Gasteiger partial charge < -0.3 is 9.47 Å². The Kier molecular flexibility index (Phi) is 6.81. The topological polar surface area (TPSA) is 86.5 Å². The second-order valence-electron chi connectivity index (χ2n) is 6.86. The van der Waals surface area contributed by atoms with Crippen LogP contribution in [0.5, 0.6) is 0 Å². The van der Waals surface area contributed by atoms with E-state index in [2.05, 4.69) is 10.1 Å². The molecule has 0 spiro atoms. The number of amides is 1. The fraction of sp³-hybridized carbons (Fsp3) is 0.500. The van der Waals surface area contributed by atoms with E-state index in [0.717, 1.165) is 24.1 Å². The minimum Gasteiger partial charge on any atom is -0.462 e. The summed E-state index contributed by atoms with van der Waals surface area (Å²) in [5.41, 5.74) is 2.40. The molecule has 1 saturated heterocycles. The molecule has 1 fully saturated rings. The largest absolute Gasteiger partial charge is 0.462 e. The lowest BCUT2D eigenvalue weighted by Crippen LogP contribution is -2.36. The normalized spacial score (nSPS) is 16.5. The smallest absolute Gasteiger partial charge is 0.350 e. The van der Waals surface area contributed by atoms with E-state index in [1.165, 1.54) is 17.4 Å². The van der Waals surface area contributed by atoms with Crippen LogP contribution in [0.25, 0.3) is 6.08 Å². The molecule has 0 aromatic carbocycles. The number of esters is 1. The summed E-state index contributed by atoms with van der Waals surface area (Å²) in [6.45, 7) is 6.82. The molecular formula is C20H26N4O4S. The molecule has 0 N–H and O–H groups in total. The summed E-state index contributed by atoms with van der Waals surface area (Å²) >= 11 is 1.17. The number of ether oxygens (including phenoxy) is 2. The van der Waals surface area contributed by atoms with Crippen LogP contribution in [0, 0.1) is 13.8 Å². The predicted octanol–water partition coefficient (Wildman–Crippen LogP) is 2.90. The Morgan fingerprint density at radius 2 is 2.24 bits per heavy atom. The number of thiazole rings is 1. The number of carbonyl (C=O) groups is 2. The van der Waals surface area contributed by atoms with Crippen molar-refractivity contribution in [3.8, 4) is 0 Å². The highest BCUT2D eigenvalue weighted by molar-refractivity contribution is 7.17. The van der Waals surface area contributed by atoms with Crippen molar-refractivity contribution in [1.82, 2.24) is 14.8 Å². The van der Waals surface area contributed by atoms with Gasteiger partial charge in [0.2, 0.25) is 0 Å². The molecular weight excluding hydrogens is 392 g/mol. The van der Waals surface area contributed by atoms with Crippen molar-refractivity contribution in [2.24, 2.45) is 7.05 Å². The highest BCUT2D eigenvalue weighted by atomic mass is 32.1. The molecule has 2 aromatic rings. The molecule has 3 rings (SSSR count). The third kappa shape index (κ3) is 4.91. The van der Waals surface area contributed by atoms with Crippen LogP contribution in [0.4, 0.5) is 5.13 Å². The van der Waals surface area contributed by atoms with Crippen LogP contribution in [0.2, 0.25) is 0 Å². The zero-order chi connectivity index (χ0) is 21.0. The lowest BCUT2D eigenvalue weighted by atomic mass is 10.2. The maximum absolute atomic E-state index is 13.0. The highest BCUT2D eigenvalue weighted by Crippen LogP contribution is 2.28. The van der Waals surface area contributed by atoms with Gasteiger partial charge in [-0.25, -0.2) is 9.78 Å². The number of aromatic nitrogens is 3. The van der Waals surface area contributed by atoms with Crippen LogP contribution < -0.4 is 4.90 Å². The van der Waals surface area contributed by atoms with Crippen molar-refractivity contribution in [3.63, 3.8) is 0 Å². The Labute approximate surface area is 174 Å². The monoisotopic (exact) mass is 418 g/mol. The quantitative estimate of drug-likeness (QED) is 0.508. The van der Waals surface area contributed by atoms with Gasteiger partial charge in [0, 0.05) is 31.0 Å². The first-order valence-corrected chi connectivity index (χ1v) is 10.5. The van der Waals surface area contributed by atoms with Crippen LogP contribution in [0.1, 0.15) is 46.4 Å². The van der Waals surface area contributed by atoms with Gasteiger partial charge in [-0.2, -0.15) is 5.10 Å². The van der Waals surface area contributed by atoms with Crippen LogP contribution in [-0.4, -0.2) is 52.5 Å². The van der Waals surface area contributed by atoms with Crippen molar-refractivity contribution in [2.75, 3.05) is 24.7 Å². The number of aryl methyl sites for hydroxylation is 2. The fourth-order valence-corrected chi connectivity index (χ4v) is 4.04. The molecule has 3 heterocycles. The van der Waals surface area contributed by atoms with Crippen LogP contribution >= 0.6 is 11.3 Å². The van der Waals surface area contributed by atoms with Gasteiger partial charge >= 0.3 is 5.97 Å². The zero-order valence-electron chi connectivity index (χ0n) is 17.2. The van der Waals surface area contributed by atoms with Crippen molar-refractivity contribution in [2.45, 2.75) is 39.7 Å². The first-order chi connectivity index (χ1) is 13.9. The Bertz CT molecular complexity index is 912. The maximum atomic E-state index is 13.0. The third-order valence-corrected chi connectivity index (χ3v) is 5.99. The van der Waals surface area contributed by atoms with E-state index in [4.69, 9.17) is 9.47 Å². The Morgan fingerprint density at radius 1 is 1.45 bits per heavy atom. The number of carbonyl (C=O) groups excluding carboxylic acids is 2. The number of nitrogens with zero attached hydrogens (tertiary/aromatic N) is 4. The fourth-order valence-electron chi connectivity index (χ4n) is 3.07. The molecule has 156 valence electrons. The Hall–Kier alpha value is -2.52. The molecule has 1 aliphatic rings. The molecule has 1 atom stereocenters. The first-order valence-electron chi connectivity index (χ1n) is 9.65. The van der Waals surface area contributed by atoms with E-state index in [-0.39, 0.29) is 18.6 Å². The Morgan fingerprint density at radius 3 is 2.86 bits per heavy atom. The zero-order valence-corrected chi connectivity index (χ0v) is 18.0. The summed E-state index contributed by atoms with van der Waals surface area (Å²) in [6.07, 6.45) is 6.81. The van der Waals surface area contributed by atoms with Crippen LogP contribution in [0.3, 0.4) is 0 Å². The second-order valence-corrected chi connectivity index (χ2v) is 7.84. The third-order valence-electron chi connectivity index (χ3n) is 4.83. The average Bonchev–Trinajstić information content (AvgIpc) is 3.41. The van der Waals surface area contributed by atoms with E-state index in [1.807, 2.05) is 14.0 Å². The summed E-state index contributed by atoms with van der Waals surface area (Å²) < 4.78 is 12.6. The van der Waals surface area contributed by atoms with Crippen molar-refractivity contribution in [3.05, 3.63) is 34.1 Å².